The van der Waals surface area contributed by atoms with Gasteiger partial charge in [-0.15, -0.1) is 0 Å². The Morgan fingerprint density at radius 1 is 1.29 bits per heavy atom. The van der Waals surface area contributed by atoms with Crippen molar-refractivity contribution in [1.29, 1.82) is 0 Å². The zero-order chi connectivity index (χ0) is 11.8. The third-order valence-corrected chi connectivity index (χ3v) is 3.27. The van der Waals surface area contributed by atoms with Crippen molar-refractivity contribution in [2.24, 2.45) is 0 Å². The van der Waals surface area contributed by atoms with E-state index in [1.807, 2.05) is 28.9 Å². The molecule has 0 unspecified atom stereocenters. The number of rotatable bonds is 1. The highest BCUT2D eigenvalue weighted by atomic mass is 15.3. The SMILES string of the molecule is Cc1nn(-c2ccc(N)cc2)c2c1CCNC2. The van der Waals surface area contributed by atoms with Crippen LogP contribution in [0.4, 0.5) is 5.69 Å². The van der Waals surface area contributed by atoms with E-state index in [0.29, 0.717) is 0 Å². The van der Waals surface area contributed by atoms with Gasteiger partial charge in [0.25, 0.3) is 0 Å². The number of nitrogens with two attached hydrogens (primary N) is 1. The molecule has 2 aromatic rings. The van der Waals surface area contributed by atoms with E-state index in [4.69, 9.17) is 5.73 Å². The highest BCUT2D eigenvalue weighted by Crippen LogP contribution is 2.21. The number of aryl methyl sites for hydroxylation is 1. The van der Waals surface area contributed by atoms with E-state index in [0.717, 1.165) is 36.6 Å². The van der Waals surface area contributed by atoms with Gasteiger partial charge in [0.15, 0.2) is 0 Å². The first-order valence-electron chi connectivity index (χ1n) is 5.90. The van der Waals surface area contributed by atoms with Crippen molar-refractivity contribution in [3.05, 3.63) is 41.2 Å². The molecule has 0 radical (unpaired) electrons. The molecule has 4 nitrogen and oxygen atoms in total. The van der Waals surface area contributed by atoms with Gasteiger partial charge in [0.1, 0.15) is 0 Å². The summed E-state index contributed by atoms with van der Waals surface area (Å²) in [5.74, 6) is 0. The lowest BCUT2D eigenvalue weighted by molar-refractivity contribution is 0.614. The molecular formula is C13H16N4. The fourth-order valence-electron chi connectivity index (χ4n) is 2.36. The zero-order valence-corrected chi connectivity index (χ0v) is 9.90. The number of fused-ring (bicyclic) bond motifs is 1. The Bertz CT molecular complexity index is 539. The molecule has 0 saturated heterocycles. The Morgan fingerprint density at radius 2 is 2.06 bits per heavy atom. The minimum Gasteiger partial charge on any atom is -0.399 e. The van der Waals surface area contributed by atoms with Crippen molar-refractivity contribution < 1.29 is 0 Å². The number of anilines is 1. The monoisotopic (exact) mass is 228 g/mol. The van der Waals surface area contributed by atoms with Crippen LogP contribution in [0.1, 0.15) is 17.0 Å². The van der Waals surface area contributed by atoms with Crippen molar-refractivity contribution in [2.45, 2.75) is 19.9 Å². The van der Waals surface area contributed by atoms with E-state index in [1.165, 1.54) is 11.3 Å². The summed E-state index contributed by atoms with van der Waals surface area (Å²) in [4.78, 5) is 0. The Hall–Kier alpha value is -1.81. The summed E-state index contributed by atoms with van der Waals surface area (Å²) in [6.07, 6.45) is 1.07. The first-order chi connectivity index (χ1) is 8.25. The van der Waals surface area contributed by atoms with Crippen molar-refractivity contribution >= 4 is 5.69 Å². The lowest BCUT2D eigenvalue weighted by atomic mass is 10.1. The second-order valence-corrected chi connectivity index (χ2v) is 4.44. The Morgan fingerprint density at radius 3 is 2.82 bits per heavy atom. The van der Waals surface area contributed by atoms with Gasteiger partial charge in [-0.1, -0.05) is 0 Å². The minimum absolute atomic E-state index is 0.782. The maximum atomic E-state index is 5.71. The van der Waals surface area contributed by atoms with E-state index in [2.05, 4.69) is 17.3 Å². The van der Waals surface area contributed by atoms with E-state index in [-0.39, 0.29) is 0 Å². The van der Waals surface area contributed by atoms with Crippen molar-refractivity contribution in [3.8, 4) is 5.69 Å². The molecule has 17 heavy (non-hydrogen) atoms. The Kier molecular flexibility index (Phi) is 2.37. The van der Waals surface area contributed by atoms with Gasteiger partial charge in [0, 0.05) is 12.2 Å². The number of aromatic nitrogens is 2. The summed E-state index contributed by atoms with van der Waals surface area (Å²) in [6, 6.07) is 7.84. The largest absolute Gasteiger partial charge is 0.399 e. The fraction of sp³-hybridized carbons (Fsp3) is 0.308. The predicted molar refractivity (Wildman–Crippen MR) is 68.1 cm³/mol. The molecule has 0 saturated carbocycles. The summed E-state index contributed by atoms with van der Waals surface area (Å²) in [6.45, 7) is 4.01. The quantitative estimate of drug-likeness (QED) is 0.726. The maximum Gasteiger partial charge on any atom is 0.0651 e. The molecule has 3 N–H and O–H groups in total. The van der Waals surface area contributed by atoms with Crippen molar-refractivity contribution in [3.63, 3.8) is 0 Å². The molecule has 0 fully saturated rings. The second-order valence-electron chi connectivity index (χ2n) is 4.44. The zero-order valence-electron chi connectivity index (χ0n) is 9.90. The Labute approximate surface area is 100 Å². The number of nitrogen functional groups attached to an aromatic ring is 1. The van der Waals surface area contributed by atoms with E-state index in [9.17, 15) is 0 Å². The van der Waals surface area contributed by atoms with Crippen LogP contribution in [0.2, 0.25) is 0 Å². The average Bonchev–Trinajstić information content (AvgIpc) is 2.69. The minimum atomic E-state index is 0.782. The molecular weight excluding hydrogens is 212 g/mol. The van der Waals surface area contributed by atoms with Crippen LogP contribution in [0.25, 0.3) is 5.69 Å². The molecule has 1 aromatic heterocycles. The van der Waals surface area contributed by atoms with Gasteiger partial charge in [0.05, 0.1) is 17.1 Å². The summed E-state index contributed by atoms with van der Waals surface area (Å²) in [7, 11) is 0. The first-order valence-corrected chi connectivity index (χ1v) is 5.90. The summed E-state index contributed by atoms with van der Waals surface area (Å²) in [5, 5.41) is 8.02. The normalized spacial score (nSPS) is 14.6. The van der Waals surface area contributed by atoms with Crippen LogP contribution in [0.15, 0.2) is 24.3 Å². The van der Waals surface area contributed by atoms with Gasteiger partial charge in [-0.3, -0.25) is 0 Å². The number of hydrogen-bond acceptors (Lipinski definition) is 3. The van der Waals surface area contributed by atoms with Gasteiger partial charge < -0.3 is 11.1 Å². The van der Waals surface area contributed by atoms with Gasteiger partial charge in [-0.2, -0.15) is 5.10 Å². The van der Waals surface area contributed by atoms with Crippen LogP contribution in [-0.2, 0) is 13.0 Å². The standard InChI is InChI=1S/C13H16N4/c1-9-12-6-7-15-8-13(12)17(16-9)11-4-2-10(14)3-5-11/h2-5,15H,6-8,14H2,1H3. The molecule has 0 amide bonds. The lowest BCUT2D eigenvalue weighted by Crippen LogP contribution is -2.25. The van der Waals surface area contributed by atoms with Gasteiger partial charge in [0.2, 0.25) is 0 Å². The lowest BCUT2D eigenvalue weighted by Gasteiger charge is -2.15. The third-order valence-electron chi connectivity index (χ3n) is 3.27. The maximum absolute atomic E-state index is 5.71. The number of hydrogen-bond donors (Lipinski definition) is 2. The van der Waals surface area contributed by atoms with Crippen molar-refractivity contribution in [2.75, 3.05) is 12.3 Å². The van der Waals surface area contributed by atoms with Gasteiger partial charge in [-0.05, 0) is 49.7 Å². The van der Waals surface area contributed by atoms with Crippen LogP contribution >= 0.6 is 0 Å². The summed E-state index contributed by atoms with van der Waals surface area (Å²) >= 11 is 0. The molecule has 1 aromatic carbocycles. The number of nitrogens with zero attached hydrogens (tertiary/aromatic N) is 2. The van der Waals surface area contributed by atoms with E-state index in [1.54, 1.807) is 0 Å². The molecule has 3 rings (SSSR count). The molecule has 2 heterocycles. The van der Waals surface area contributed by atoms with E-state index < -0.39 is 0 Å². The fourth-order valence-corrected chi connectivity index (χ4v) is 2.36. The van der Waals surface area contributed by atoms with Gasteiger partial charge >= 0.3 is 0 Å². The topological polar surface area (TPSA) is 55.9 Å². The summed E-state index contributed by atoms with van der Waals surface area (Å²) < 4.78 is 2.02. The highest BCUT2D eigenvalue weighted by molar-refractivity contribution is 5.46. The van der Waals surface area contributed by atoms with Crippen molar-refractivity contribution in [1.82, 2.24) is 15.1 Å². The molecule has 0 aliphatic carbocycles. The highest BCUT2D eigenvalue weighted by Gasteiger charge is 2.18. The molecule has 88 valence electrons. The molecule has 0 spiro atoms. The predicted octanol–water partition coefficient (Wildman–Crippen LogP) is 1.41. The van der Waals surface area contributed by atoms with Crippen LogP contribution in [-0.4, -0.2) is 16.3 Å². The third kappa shape index (κ3) is 1.70. The van der Waals surface area contributed by atoms with Crippen LogP contribution in [0.5, 0.6) is 0 Å². The first kappa shape index (κ1) is 10.4. The summed E-state index contributed by atoms with van der Waals surface area (Å²) in [5.41, 5.74) is 11.4. The van der Waals surface area contributed by atoms with E-state index >= 15 is 0 Å². The van der Waals surface area contributed by atoms with Gasteiger partial charge in [-0.25, -0.2) is 4.68 Å². The second kappa shape index (κ2) is 3.89. The van der Waals surface area contributed by atoms with Crippen LogP contribution in [0, 0.1) is 6.92 Å². The number of benzene rings is 1. The number of nitrogens with one attached hydrogen (secondary N) is 1. The van der Waals surface area contributed by atoms with Crippen LogP contribution in [0.3, 0.4) is 0 Å². The average molecular weight is 228 g/mol. The molecule has 0 atom stereocenters. The molecule has 4 heteroatoms. The molecule has 1 aliphatic rings. The smallest absolute Gasteiger partial charge is 0.0651 e. The molecule has 1 aliphatic heterocycles. The molecule has 0 bridgehead atoms. The van der Waals surface area contributed by atoms with Crippen LogP contribution < -0.4 is 11.1 Å². The Balaban J connectivity index is 2.11.